The van der Waals surface area contributed by atoms with Gasteiger partial charge < -0.3 is 10.6 Å². The first-order valence-corrected chi connectivity index (χ1v) is 6.70. The second-order valence-electron chi connectivity index (χ2n) is 5.41. The number of carbonyl (C=O) groups is 2. The quantitative estimate of drug-likeness (QED) is 0.769. The number of hydrogen-bond donors (Lipinski definition) is 2. The van der Waals surface area contributed by atoms with Gasteiger partial charge in [-0.15, -0.1) is 0 Å². The van der Waals surface area contributed by atoms with Crippen LogP contribution in [-0.2, 0) is 9.59 Å². The average Bonchev–Trinajstić information content (AvgIpc) is 2.90. The van der Waals surface area contributed by atoms with Gasteiger partial charge in [0.2, 0.25) is 11.8 Å². The fourth-order valence-electron chi connectivity index (χ4n) is 3.28. The van der Waals surface area contributed by atoms with Gasteiger partial charge in [-0.3, -0.25) is 9.59 Å². The van der Waals surface area contributed by atoms with Gasteiger partial charge in [0.15, 0.2) is 0 Å². The van der Waals surface area contributed by atoms with Crippen LogP contribution in [-0.4, -0.2) is 24.4 Å². The Kier molecular flexibility index (Phi) is 3.69. The highest BCUT2D eigenvalue weighted by Crippen LogP contribution is 2.48. The van der Waals surface area contributed by atoms with E-state index in [9.17, 15) is 9.59 Å². The van der Waals surface area contributed by atoms with Crippen molar-refractivity contribution in [3.63, 3.8) is 0 Å². The molecule has 2 bridgehead atoms. The summed E-state index contributed by atoms with van der Waals surface area (Å²) in [4.78, 5) is 23.6. The number of rotatable bonds is 4. The summed E-state index contributed by atoms with van der Waals surface area (Å²) >= 11 is 0. The van der Waals surface area contributed by atoms with Crippen LogP contribution in [0.2, 0.25) is 0 Å². The van der Waals surface area contributed by atoms with E-state index in [0.29, 0.717) is 12.5 Å². The van der Waals surface area contributed by atoms with E-state index in [-0.39, 0.29) is 17.7 Å². The Balaban J connectivity index is 1.83. The van der Waals surface area contributed by atoms with Gasteiger partial charge in [-0.25, -0.2) is 0 Å². The number of likely N-dealkylation sites (N-methyl/N-ethyl adjacent to an activating group) is 1. The molecular formula is C13H22N2O2. The van der Waals surface area contributed by atoms with Gasteiger partial charge in [0.05, 0.1) is 0 Å². The zero-order valence-electron chi connectivity index (χ0n) is 10.7. The zero-order chi connectivity index (χ0) is 12.4. The maximum absolute atomic E-state index is 12.1. The van der Waals surface area contributed by atoms with Crippen LogP contribution in [0, 0.1) is 17.8 Å². The fourth-order valence-corrected chi connectivity index (χ4v) is 3.28. The molecule has 0 aromatic carbocycles. The summed E-state index contributed by atoms with van der Waals surface area (Å²) in [7, 11) is 0. The molecule has 0 radical (unpaired) electrons. The van der Waals surface area contributed by atoms with Crippen LogP contribution in [0.4, 0.5) is 0 Å². The van der Waals surface area contributed by atoms with Crippen molar-refractivity contribution < 1.29 is 9.59 Å². The van der Waals surface area contributed by atoms with Gasteiger partial charge in [0.1, 0.15) is 6.04 Å². The van der Waals surface area contributed by atoms with Crippen molar-refractivity contribution in [3.05, 3.63) is 0 Å². The topological polar surface area (TPSA) is 58.2 Å². The van der Waals surface area contributed by atoms with E-state index in [0.717, 1.165) is 12.3 Å². The van der Waals surface area contributed by atoms with Crippen molar-refractivity contribution in [3.8, 4) is 0 Å². The van der Waals surface area contributed by atoms with Gasteiger partial charge >= 0.3 is 0 Å². The third-order valence-electron chi connectivity index (χ3n) is 4.18. The molecule has 2 aliphatic carbocycles. The molecule has 4 heteroatoms. The summed E-state index contributed by atoms with van der Waals surface area (Å²) in [6.45, 7) is 4.23. The first-order valence-electron chi connectivity index (χ1n) is 6.70. The monoisotopic (exact) mass is 238 g/mol. The normalized spacial score (nSPS) is 32.2. The summed E-state index contributed by atoms with van der Waals surface area (Å²) in [6.07, 6.45) is 4.73. The van der Waals surface area contributed by atoms with Gasteiger partial charge in [0.25, 0.3) is 0 Å². The molecular weight excluding hydrogens is 216 g/mol. The zero-order valence-corrected chi connectivity index (χ0v) is 10.7. The Labute approximate surface area is 103 Å². The van der Waals surface area contributed by atoms with Crippen LogP contribution >= 0.6 is 0 Å². The lowest BCUT2D eigenvalue weighted by Gasteiger charge is -2.22. The van der Waals surface area contributed by atoms with Crippen LogP contribution < -0.4 is 10.6 Å². The molecule has 2 aliphatic rings. The average molecular weight is 238 g/mol. The van der Waals surface area contributed by atoms with Crippen LogP contribution in [0.3, 0.4) is 0 Å². The largest absolute Gasteiger partial charge is 0.355 e. The van der Waals surface area contributed by atoms with Gasteiger partial charge in [0, 0.05) is 12.5 Å². The number of fused-ring (bicyclic) bond motifs is 2. The standard InChI is InChI=1S/C13H22N2O2/c1-3-14-12(16)8(2)15-13(17)11-7-9-4-5-10(11)6-9/h8-11H,3-7H2,1-2H3,(H,14,16)(H,15,17). The highest BCUT2D eigenvalue weighted by Gasteiger charge is 2.43. The summed E-state index contributed by atoms with van der Waals surface area (Å²) in [6, 6.07) is -0.415. The second kappa shape index (κ2) is 5.07. The minimum Gasteiger partial charge on any atom is -0.355 e. The Morgan fingerprint density at radius 1 is 1.29 bits per heavy atom. The lowest BCUT2D eigenvalue weighted by molar-refractivity contribution is -0.131. The molecule has 4 atom stereocenters. The summed E-state index contributed by atoms with van der Waals surface area (Å²) in [5, 5.41) is 5.56. The van der Waals surface area contributed by atoms with Gasteiger partial charge in [-0.05, 0) is 44.9 Å². The third-order valence-corrected chi connectivity index (χ3v) is 4.18. The highest BCUT2D eigenvalue weighted by molar-refractivity contribution is 5.88. The number of amides is 2. The molecule has 4 unspecified atom stereocenters. The number of hydrogen-bond acceptors (Lipinski definition) is 2. The predicted octanol–water partition coefficient (Wildman–Crippen LogP) is 1.06. The third kappa shape index (κ3) is 2.61. The van der Waals surface area contributed by atoms with E-state index in [2.05, 4.69) is 10.6 Å². The van der Waals surface area contributed by atoms with Gasteiger partial charge in [-0.2, -0.15) is 0 Å². The maximum atomic E-state index is 12.1. The molecule has 4 nitrogen and oxygen atoms in total. The van der Waals surface area contributed by atoms with Crippen molar-refractivity contribution in [2.24, 2.45) is 17.8 Å². The minimum absolute atomic E-state index is 0.0796. The lowest BCUT2D eigenvalue weighted by Crippen LogP contribution is -2.47. The molecule has 17 heavy (non-hydrogen) atoms. The molecule has 0 heterocycles. The number of carbonyl (C=O) groups excluding carboxylic acids is 2. The van der Waals surface area contributed by atoms with Crippen molar-refractivity contribution in [1.29, 1.82) is 0 Å². The van der Waals surface area contributed by atoms with Crippen LogP contribution in [0.5, 0.6) is 0 Å². The van der Waals surface area contributed by atoms with E-state index >= 15 is 0 Å². The summed E-state index contributed by atoms with van der Waals surface area (Å²) in [5.74, 6) is 1.47. The van der Waals surface area contributed by atoms with Crippen molar-refractivity contribution >= 4 is 11.8 Å². The molecule has 96 valence electrons. The minimum atomic E-state index is -0.415. The Morgan fingerprint density at radius 2 is 2.06 bits per heavy atom. The SMILES string of the molecule is CCNC(=O)C(C)NC(=O)C1CC2CCC1C2. The van der Waals surface area contributed by atoms with E-state index in [4.69, 9.17) is 0 Å². The van der Waals surface area contributed by atoms with E-state index in [1.807, 2.05) is 6.92 Å². The van der Waals surface area contributed by atoms with E-state index in [1.165, 1.54) is 19.3 Å². The highest BCUT2D eigenvalue weighted by atomic mass is 16.2. The van der Waals surface area contributed by atoms with Crippen molar-refractivity contribution in [2.45, 2.75) is 45.6 Å². The maximum Gasteiger partial charge on any atom is 0.242 e. The first-order chi connectivity index (χ1) is 8.11. The molecule has 2 fully saturated rings. The Bertz CT molecular complexity index is 317. The summed E-state index contributed by atoms with van der Waals surface area (Å²) in [5.41, 5.74) is 0. The van der Waals surface area contributed by atoms with E-state index in [1.54, 1.807) is 6.92 Å². The predicted molar refractivity (Wildman–Crippen MR) is 65.2 cm³/mol. The molecule has 0 aliphatic heterocycles. The fraction of sp³-hybridized carbons (Fsp3) is 0.846. The first kappa shape index (κ1) is 12.4. The van der Waals surface area contributed by atoms with Crippen molar-refractivity contribution in [2.75, 3.05) is 6.54 Å². The van der Waals surface area contributed by atoms with Crippen LogP contribution in [0.25, 0.3) is 0 Å². The molecule has 2 rings (SSSR count). The van der Waals surface area contributed by atoms with E-state index < -0.39 is 6.04 Å². The van der Waals surface area contributed by atoms with Crippen LogP contribution in [0.15, 0.2) is 0 Å². The van der Waals surface area contributed by atoms with Crippen LogP contribution in [0.1, 0.15) is 39.5 Å². The molecule has 0 spiro atoms. The lowest BCUT2D eigenvalue weighted by atomic mass is 9.88. The molecule has 0 aromatic rings. The second-order valence-corrected chi connectivity index (χ2v) is 5.41. The molecule has 2 saturated carbocycles. The smallest absolute Gasteiger partial charge is 0.242 e. The molecule has 0 aromatic heterocycles. The van der Waals surface area contributed by atoms with Crippen molar-refractivity contribution in [1.82, 2.24) is 10.6 Å². The Hall–Kier alpha value is -1.06. The number of nitrogens with one attached hydrogen (secondary N) is 2. The molecule has 2 amide bonds. The molecule has 2 N–H and O–H groups in total. The Morgan fingerprint density at radius 3 is 2.59 bits per heavy atom. The summed E-state index contributed by atoms with van der Waals surface area (Å²) < 4.78 is 0. The van der Waals surface area contributed by atoms with Gasteiger partial charge in [-0.1, -0.05) is 6.42 Å². The molecule has 0 saturated heterocycles.